The third kappa shape index (κ3) is 9.30. The van der Waals surface area contributed by atoms with Gasteiger partial charge in [0.1, 0.15) is 0 Å². The highest BCUT2D eigenvalue weighted by molar-refractivity contribution is 5.76. The van der Waals surface area contributed by atoms with Gasteiger partial charge in [0.25, 0.3) is 0 Å². The van der Waals surface area contributed by atoms with Gasteiger partial charge in [0, 0.05) is 38.1 Å². The van der Waals surface area contributed by atoms with Gasteiger partial charge in [0.15, 0.2) is 0 Å². The first-order valence-corrected chi connectivity index (χ1v) is 5.47. The van der Waals surface area contributed by atoms with Crippen molar-refractivity contribution in [2.24, 2.45) is 11.0 Å². The van der Waals surface area contributed by atoms with Gasteiger partial charge in [0.05, 0.1) is 0 Å². The summed E-state index contributed by atoms with van der Waals surface area (Å²) in [6.45, 7) is 3.71. The standard InChI is InChI=1S/C10H20N4O2/c1-9(8-16-2)7-10(15)12-5-3-4-6-13-14-11/h9H,3-8H2,1-2H3,(H,12,15). The second-order valence-corrected chi connectivity index (χ2v) is 3.78. The fourth-order valence-corrected chi connectivity index (χ4v) is 1.31. The Bertz CT molecular complexity index is 239. The Balaban J connectivity index is 3.39. The Morgan fingerprint density at radius 2 is 2.31 bits per heavy atom. The number of unbranched alkanes of at least 4 members (excludes halogenated alkanes) is 1. The van der Waals surface area contributed by atoms with Crippen LogP contribution < -0.4 is 5.32 Å². The first kappa shape index (κ1) is 14.7. The summed E-state index contributed by atoms with van der Waals surface area (Å²) >= 11 is 0. The normalized spacial score (nSPS) is 11.6. The summed E-state index contributed by atoms with van der Waals surface area (Å²) in [5, 5.41) is 6.23. The molecular formula is C10H20N4O2. The highest BCUT2D eigenvalue weighted by Crippen LogP contribution is 2.01. The van der Waals surface area contributed by atoms with E-state index < -0.39 is 0 Å². The van der Waals surface area contributed by atoms with Crippen molar-refractivity contribution in [3.05, 3.63) is 10.4 Å². The van der Waals surface area contributed by atoms with Crippen LogP contribution in [-0.2, 0) is 9.53 Å². The summed E-state index contributed by atoms with van der Waals surface area (Å²) in [5.41, 5.74) is 8.04. The van der Waals surface area contributed by atoms with E-state index in [2.05, 4.69) is 15.3 Å². The first-order chi connectivity index (χ1) is 7.70. The summed E-state index contributed by atoms with van der Waals surface area (Å²) in [7, 11) is 1.63. The molecule has 0 aliphatic rings. The Morgan fingerprint density at radius 3 is 2.94 bits per heavy atom. The molecule has 6 heteroatoms. The number of amides is 1. The maximum Gasteiger partial charge on any atom is 0.220 e. The lowest BCUT2D eigenvalue weighted by atomic mass is 10.1. The molecule has 92 valence electrons. The number of ether oxygens (including phenoxy) is 1. The lowest BCUT2D eigenvalue weighted by Crippen LogP contribution is -2.27. The largest absolute Gasteiger partial charge is 0.384 e. The summed E-state index contributed by atoms with van der Waals surface area (Å²) < 4.78 is 4.95. The van der Waals surface area contributed by atoms with Crippen LogP contribution in [0.4, 0.5) is 0 Å². The summed E-state index contributed by atoms with van der Waals surface area (Å²) in [6.07, 6.45) is 2.13. The molecule has 0 aromatic rings. The van der Waals surface area contributed by atoms with Crippen molar-refractivity contribution in [3.63, 3.8) is 0 Å². The number of rotatable bonds is 9. The third-order valence-electron chi connectivity index (χ3n) is 2.06. The molecule has 0 aliphatic carbocycles. The minimum Gasteiger partial charge on any atom is -0.384 e. The van der Waals surface area contributed by atoms with Gasteiger partial charge < -0.3 is 10.1 Å². The zero-order valence-electron chi connectivity index (χ0n) is 9.98. The molecule has 0 aromatic carbocycles. The van der Waals surface area contributed by atoms with Crippen LogP contribution in [0.3, 0.4) is 0 Å². The van der Waals surface area contributed by atoms with Crippen LogP contribution in [0, 0.1) is 5.92 Å². The molecule has 0 saturated heterocycles. The number of carbonyl (C=O) groups excluding carboxylic acids is 1. The molecule has 1 atom stereocenters. The molecule has 0 radical (unpaired) electrons. The van der Waals surface area contributed by atoms with Crippen LogP contribution in [0.2, 0.25) is 0 Å². The molecule has 0 aliphatic heterocycles. The molecule has 16 heavy (non-hydrogen) atoms. The lowest BCUT2D eigenvalue weighted by Gasteiger charge is -2.10. The predicted octanol–water partition coefficient (Wildman–Crippen LogP) is 1.87. The van der Waals surface area contributed by atoms with E-state index >= 15 is 0 Å². The Labute approximate surface area is 96.0 Å². The van der Waals surface area contributed by atoms with E-state index in [9.17, 15) is 4.79 Å². The van der Waals surface area contributed by atoms with Crippen molar-refractivity contribution in [1.29, 1.82) is 0 Å². The van der Waals surface area contributed by atoms with Gasteiger partial charge >= 0.3 is 0 Å². The smallest absolute Gasteiger partial charge is 0.220 e. The van der Waals surface area contributed by atoms with Crippen LogP contribution in [0.5, 0.6) is 0 Å². The highest BCUT2D eigenvalue weighted by Gasteiger charge is 2.07. The number of methoxy groups -OCH3 is 1. The summed E-state index contributed by atoms with van der Waals surface area (Å²) in [4.78, 5) is 14.0. The molecule has 6 nitrogen and oxygen atoms in total. The topological polar surface area (TPSA) is 87.1 Å². The molecule has 1 unspecified atom stereocenters. The fraction of sp³-hybridized carbons (Fsp3) is 0.900. The van der Waals surface area contributed by atoms with Crippen LogP contribution in [0.25, 0.3) is 10.4 Å². The van der Waals surface area contributed by atoms with Crippen molar-refractivity contribution >= 4 is 5.91 Å². The van der Waals surface area contributed by atoms with E-state index in [1.165, 1.54) is 0 Å². The van der Waals surface area contributed by atoms with Gasteiger partial charge in [-0.3, -0.25) is 4.79 Å². The maximum atomic E-state index is 11.4. The summed E-state index contributed by atoms with van der Waals surface area (Å²) in [5.74, 6) is 0.293. The molecule has 0 heterocycles. The van der Waals surface area contributed by atoms with Crippen LogP contribution in [0.15, 0.2) is 5.11 Å². The molecule has 0 spiro atoms. The van der Waals surface area contributed by atoms with Gasteiger partial charge in [-0.1, -0.05) is 12.0 Å². The van der Waals surface area contributed by atoms with E-state index in [-0.39, 0.29) is 11.8 Å². The quantitative estimate of drug-likeness (QED) is 0.282. The zero-order valence-corrected chi connectivity index (χ0v) is 9.98. The van der Waals surface area contributed by atoms with Gasteiger partial charge in [-0.15, -0.1) is 0 Å². The Kier molecular flexibility index (Phi) is 9.46. The average Bonchev–Trinajstić information content (AvgIpc) is 2.23. The number of hydrogen-bond acceptors (Lipinski definition) is 3. The van der Waals surface area contributed by atoms with Crippen molar-refractivity contribution in [3.8, 4) is 0 Å². The van der Waals surface area contributed by atoms with E-state index in [1.807, 2.05) is 6.92 Å². The molecular weight excluding hydrogens is 208 g/mol. The first-order valence-electron chi connectivity index (χ1n) is 5.47. The third-order valence-corrected chi connectivity index (χ3v) is 2.06. The Hall–Kier alpha value is -1.26. The molecule has 0 fully saturated rings. The van der Waals surface area contributed by atoms with E-state index in [1.54, 1.807) is 7.11 Å². The average molecular weight is 228 g/mol. The SMILES string of the molecule is COCC(C)CC(=O)NCCCCN=[N+]=[N-]. The van der Waals surface area contributed by atoms with Gasteiger partial charge in [0.2, 0.25) is 5.91 Å². The second kappa shape index (κ2) is 10.3. The van der Waals surface area contributed by atoms with Crippen LogP contribution in [-0.4, -0.2) is 32.7 Å². The van der Waals surface area contributed by atoms with E-state index in [0.29, 0.717) is 26.1 Å². The minimum absolute atomic E-state index is 0.0494. The van der Waals surface area contributed by atoms with Crippen molar-refractivity contribution in [1.82, 2.24) is 5.32 Å². The minimum atomic E-state index is 0.0494. The van der Waals surface area contributed by atoms with E-state index in [4.69, 9.17) is 10.3 Å². The molecule has 0 bridgehead atoms. The number of carbonyl (C=O) groups is 1. The van der Waals surface area contributed by atoms with Gasteiger partial charge in [-0.05, 0) is 24.3 Å². The van der Waals surface area contributed by atoms with Crippen molar-refractivity contribution < 1.29 is 9.53 Å². The van der Waals surface area contributed by atoms with Crippen LogP contribution >= 0.6 is 0 Å². The van der Waals surface area contributed by atoms with Crippen molar-refractivity contribution in [2.45, 2.75) is 26.2 Å². The number of nitrogens with zero attached hydrogens (tertiary/aromatic N) is 3. The number of nitrogens with one attached hydrogen (secondary N) is 1. The summed E-state index contributed by atoms with van der Waals surface area (Å²) in [6, 6.07) is 0. The second-order valence-electron chi connectivity index (χ2n) is 3.78. The zero-order chi connectivity index (χ0) is 12.2. The monoisotopic (exact) mass is 228 g/mol. The van der Waals surface area contributed by atoms with Gasteiger partial charge in [-0.25, -0.2) is 0 Å². The molecule has 0 aromatic heterocycles. The molecule has 1 N–H and O–H groups in total. The Morgan fingerprint density at radius 1 is 1.56 bits per heavy atom. The number of hydrogen-bond donors (Lipinski definition) is 1. The number of azide groups is 1. The van der Waals surface area contributed by atoms with Crippen LogP contribution in [0.1, 0.15) is 26.2 Å². The highest BCUT2D eigenvalue weighted by atomic mass is 16.5. The lowest BCUT2D eigenvalue weighted by molar-refractivity contribution is -0.122. The van der Waals surface area contributed by atoms with Gasteiger partial charge in [-0.2, -0.15) is 0 Å². The molecule has 1 amide bonds. The van der Waals surface area contributed by atoms with Crippen molar-refractivity contribution in [2.75, 3.05) is 26.8 Å². The maximum absolute atomic E-state index is 11.4. The molecule has 0 rings (SSSR count). The predicted molar refractivity (Wildman–Crippen MR) is 61.9 cm³/mol. The molecule has 0 saturated carbocycles. The van der Waals surface area contributed by atoms with E-state index in [0.717, 1.165) is 12.8 Å². The fourth-order valence-electron chi connectivity index (χ4n) is 1.31.